The summed E-state index contributed by atoms with van der Waals surface area (Å²) in [6, 6.07) is 22.5. The van der Waals surface area contributed by atoms with Crippen LogP contribution in [-0.4, -0.2) is 31.3 Å². The van der Waals surface area contributed by atoms with Gasteiger partial charge >= 0.3 is 5.97 Å². The first kappa shape index (κ1) is 26.0. The number of benzene rings is 4. The minimum atomic E-state index is -0.537. The molecule has 4 aromatic carbocycles. The molecule has 0 aliphatic rings. The molecule has 9 heteroatoms. The van der Waals surface area contributed by atoms with Crippen molar-refractivity contribution in [1.29, 1.82) is 0 Å². The molecule has 0 radical (unpaired) electrons. The lowest BCUT2D eigenvalue weighted by Gasteiger charge is -2.11. The monoisotopic (exact) mass is 536 g/mol. The molecule has 0 aromatic heterocycles. The molecule has 37 heavy (non-hydrogen) atoms. The van der Waals surface area contributed by atoms with Gasteiger partial charge in [0.15, 0.2) is 6.61 Å². The highest BCUT2D eigenvalue weighted by atomic mass is 35.5. The van der Waals surface area contributed by atoms with Crippen molar-refractivity contribution in [3.05, 3.63) is 100 Å². The van der Waals surface area contributed by atoms with Crippen LogP contribution >= 0.6 is 23.2 Å². The number of hydrazone groups is 1. The molecule has 0 atom stereocenters. The number of nitrogens with one attached hydrogen (secondary N) is 1. The Morgan fingerprint density at radius 3 is 2.43 bits per heavy atom. The smallest absolute Gasteiger partial charge is 0.343 e. The second kappa shape index (κ2) is 12.3. The van der Waals surface area contributed by atoms with Crippen molar-refractivity contribution in [3.63, 3.8) is 0 Å². The third-order valence-corrected chi connectivity index (χ3v) is 5.70. The van der Waals surface area contributed by atoms with Crippen molar-refractivity contribution in [3.8, 4) is 17.2 Å². The molecular formula is C28H22Cl2N2O5. The summed E-state index contributed by atoms with van der Waals surface area (Å²) >= 11 is 11.9. The van der Waals surface area contributed by atoms with Crippen molar-refractivity contribution in [2.75, 3.05) is 13.2 Å². The quantitative estimate of drug-likeness (QED) is 0.117. The first-order chi connectivity index (χ1) is 17.9. The maximum atomic E-state index is 12.8. The van der Waals surface area contributed by atoms with Crippen LogP contribution < -0.4 is 19.6 Å². The molecule has 0 saturated heterocycles. The third kappa shape index (κ3) is 6.78. The molecule has 0 aliphatic carbocycles. The van der Waals surface area contributed by atoms with E-state index in [0.29, 0.717) is 45.0 Å². The zero-order valence-corrected chi connectivity index (χ0v) is 21.3. The normalized spacial score (nSPS) is 10.9. The van der Waals surface area contributed by atoms with E-state index in [4.69, 9.17) is 37.4 Å². The fraction of sp³-hybridized carbons (Fsp3) is 0.107. The largest absolute Gasteiger partial charge is 0.494 e. The van der Waals surface area contributed by atoms with E-state index in [-0.39, 0.29) is 6.61 Å². The number of carbonyl (C=O) groups excluding carboxylic acids is 2. The van der Waals surface area contributed by atoms with Crippen LogP contribution in [0.25, 0.3) is 10.8 Å². The van der Waals surface area contributed by atoms with E-state index in [1.54, 1.807) is 42.5 Å². The Morgan fingerprint density at radius 1 is 0.919 bits per heavy atom. The number of esters is 1. The summed E-state index contributed by atoms with van der Waals surface area (Å²) < 4.78 is 16.5. The molecule has 0 bridgehead atoms. The van der Waals surface area contributed by atoms with Crippen LogP contribution in [0.2, 0.25) is 10.0 Å². The van der Waals surface area contributed by atoms with E-state index in [2.05, 4.69) is 10.5 Å². The summed E-state index contributed by atoms with van der Waals surface area (Å²) in [5.74, 6) is 0.235. The second-order valence-electron chi connectivity index (χ2n) is 7.70. The van der Waals surface area contributed by atoms with Crippen LogP contribution in [0.4, 0.5) is 0 Å². The van der Waals surface area contributed by atoms with E-state index >= 15 is 0 Å². The fourth-order valence-corrected chi connectivity index (χ4v) is 3.91. The van der Waals surface area contributed by atoms with Crippen LogP contribution in [0.15, 0.2) is 84.0 Å². The molecule has 0 fully saturated rings. The van der Waals surface area contributed by atoms with Gasteiger partial charge in [0.25, 0.3) is 5.91 Å². The molecule has 1 N–H and O–H groups in total. The van der Waals surface area contributed by atoms with Crippen LogP contribution in [0.1, 0.15) is 22.8 Å². The van der Waals surface area contributed by atoms with E-state index in [0.717, 1.165) is 10.8 Å². The summed E-state index contributed by atoms with van der Waals surface area (Å²) in [6.45, 7) is 2.10. The maximum Gasteiger partial charge on any atom is 0.343 e. The standard InChI is InChI=1S/C28H22Cl2N2O5/c1-2-35-21-11-7-19(8-12-21)28(34)37-25-13-9-18-5-3-4-6-22(18)23(25)16-31-32-27(33)17-36-26-14-10-20(29)15-24(26)30/h3-16H,2,17H2,1H3,(H,32,33). The summed E-state index contributed by atoms with van der Waals surface area (Å²) in [7, 11) is 0. The van der Waals surface area contributed by atoms with Crippen LogP contribution in [-0.2, 0) is 4.79 Å². The third-order valence-electron chi connectivity index (χ3n) is 5.17. The Kier molecular flexibility index (Phi) is 8.61. The van der Waals surface area contributed by atoms with Crippen molar-refractivity contribution in [2.24, 2.45) is 5.10 Å². The number of nitrogens with zero attached hydrogens (tertiary/aromatic N) is 1. The molecule has 4 rings (SSSR count). The van der Waals surface area contributed by atoms with Gasteiger partial charge in [0.05, 0.1) is 23.4 Å². The van der Waals surface area contributed by atoms with Crippen molar-refractivity contribution in [2.45, 2.75) is 6.92 Å². The van der Waals surface area contributed by atoms with Gasteiger partial charge in [-0.25, -0.2) is 10.2 Å². The Bertz CT molecular complexity index is 1460. The minimum absolute atomic E-state index is 0.290. The van der Waals surface area contributed by atoms with Gasteiger partial charge in [-0.3, -0.25) is 4.79 Å². The SMILES string of the molecule is CCOc1ccc(C(=O)Oc2ccc3ccccc3c2C=NNC(=O)COc2ccc(Cl)cc2Cl)cc1. The molecule has 1 amide bonds. The van der Waals surface area contributed by atoms with Gasteiger partial charge in [-0.05, 0) is 66.2 Å². The Morgan fingerprint density at radius 2 is 1.68 bits per heavy atom. The fourth-order valence-electron chi connectivity index (χ4n) is 3.45. The lowest BCUT2D eigenvalue weighted by atomic mass is 10.0. The van der Waals surface area contributed by atoms with Gasteiger partial charge in [0.2, 0.25) is 0 Å². The molecule has 0 unspecified atom stereocenters. The Hall–Kier alpha value is -4.07. The predicted molar refractivity (Wildman–Crippen MR) is 144 cm³/mol. The van der Waals surface area contributed by atoms with Crippen molar-refractivity contribution in [1.82, 2.24) is 5.43 Å². The van der Waals surface area contributed by atoms with Gasteiger partial charge in [0.1, 0.15) is 17.2 Å². The second-order valence-corrected chi connectivity index (χ2v) is 8.55. The Balaban J connectivity index is 1.49. The highest BCUT2D eigenvalue weighted by Crippen LogP contribution is 2.28. The van der Waals surface area contributed by atoms with E-state index in [1.807, 2.05) is 37.3 Å². The van der Waals surface area contributed by atoms with Gasteiger partial charge in [0, 0.05) is 10.6 Å². The molecule has 0 heterocycles. The summed E-state index contributed by atoms with van der Waals surface area (Å²) in [4.78, 5) is 25.1. The maximum absolute atomic E-state index is 12.8. The lowest BCUT2D eigenvalue weighted by molar-refractivity contribution is -0.123. The first-order valence-electron chi connectivity index (χ1n) is 11.3. The number of rotatable bonds is 9. The predicted octanol–water partition coefficient (Wildman–Crippen LogP) is 6.29. The highest BCUT2D eigenvalue weighted by molar-refractivity contribution is 6.35. The van der Waals surface area contributed by atoms with Crippen LogP contribution in [0.3, 0.4) is 0 Å². The average Bonchev–Trinajstić information content (AvgIpc) is 2.89. The van der Waals surface area contributed by atoms with Gasteiger partial charge in [-0.1, -0.05) is 53.5 Å². The molecule has 4 aromatic rings. The van der Waals surface area contributed by atoms with Crippen LogP contribution in [0, 0.1) is 0 Å². The number of ether oxygens (including phenoxy) is 3. The number of carbonyl (C=O) groups is 2. The summed E-state index contributed by atoms with van der Waals surface area (Å²) in [6.07, 6.45) is 1.43. The molecule has 0 saturated carbocycles. The topological polar surface area (TPSA) is 86.2 Å². The highest BCUT2D eigenvalue weighted by Gasteiger charge is 2.14. The zero-order valence-electron chi connectivity index (χ0n) is 19.7. The average molecular weight is 537 g/mol. The molecule has 0 aliphatic heterocycles. The molecule has 188 valence electrons. The van der Waals surface area contributed by atoms with Crippen molar-refractivity contribution < 1.29 is 23.8 Å². The van der Waals surface area contributed by atoms with Gasteiger partial charge in [-0.2, -0.15) is 5.10 Å². The molecule has 0 spiro atoms. The van der Waals surface area contributed by atoms with E-state index in [1.165, 1.54) is 12.3 Å². The number of halogens is 2. The van der Waals surface area contributed by atoms with E-state index in [9.17, 15) is 9.59 Å². The van der Waals surface area contributed by atoms with Gasteiger partial charge < -0.3 is 14.2 Å². The first-order valence-corrected chi connectivity index (χ1v) is 12.1. The minimum Gasteiger partial charge on any atom is -0.494 e. The zero-order chi connectivity index (χ0) is 26.2. The molecule has 7 nitrogen and oxygen atoms in total. The number of hydrogen-bond donors (Lipinski definition) is 1. The lowest BCUT2D eigenvalue weighted by Crippen LogP contribution is -2.24. The number of amides is 1. The van der Waals surface area contributed by atoms with Crippen LogP contribution in [0.5, 0.6) is 17.2 Å². The van der Waals surface area contributed by atoms with Crippen molar-refractivity contribution >= 4 is 52.1 Å². The van der Waals surface area contributed by atoms with Gasteiger partial charge in [-0.15, -0.1) is 0 Å². The van der Waals surface area contributed by atoms with E-state index < -0.39 is 11.9 Å². The summed E-state index contributed by atoms with van der Waals surface area (Å²) in [5, 5.41) is 6.50. The number of hydrogen-bond acceptors (Lipinski definition) is 6. The summed E-state index contributed by atoms with van der Waals surface area (Å²) in [5.41, 5.74) is 3.30. The number of fused-ring (bicyclic) bond motifs is 1. The molecular weight excluding hydrogens is 515 g/mol. The Labute approximate surface area is 223 Å².